The van der Waals surface area contributed by atoms with E-state index in [-0.39, 0.29) is 28.5 Å². The van der Waals surface area contributed by atoms with Crippen molar-refractivity contribution in [3.05, 3.63) is 0 Å². The number of esters is 1. The predicted molar refractivity (Wildman–Crippen MR) is 84.1 cm³/mol. The van der Waals surface area contributed by atoms with Gasteiger partial charge in [0.25, 0.3) is 0 Å². The summed E-state index contributed by atoms with van der Waals surface area (Å²) in [4.78, 5) is 24.1. The van der Waals surface area contributed by atoms with Gasteiger partial charge in [0, 0.05) is 17.8 Å². The Bertz CT molecular complexity index is 409. The highest BCUT2D eigenvalue weighted by atomic mass is 32.2. The standard InChI is InChI=1S/C13H21N3O3S2/c1-19-13(18)7-3-5-20-11(7)16-10(17)12-15-8-6-14-4-2-9(8)21-12/h7-9,11-12,14-15H,2-6H2,1H3,(H,16,17). The molecule has 0 aliphatic carbocycles. The minimum Gasteiger partial charge on any atom is -0.469 e. The number of hydrogen-bond donors (Lipinski definition) is 3. The molecule has 0 aromatic rings. The van der Waals surface area contributed by atoms with Crippen LogP contribution in [0, 0.1) is 5.92 Å². The summed E-state index contributed by atoms with van der Waals surface area (Å²) >= 11 is 3.34. The molecule has 5 unspecified atom stereocenters. The van der Waals surface area contributed by atoms with Crippen LogP contribution in [0.25, 0.3) is 0 Å². The lowest BCUT2D eigenvalue weighted by Gasteiger charge is -2.24. The number of nitrogens with one attached hydrogen (secondary N) is 3. The van der Waals surface area contributed by atoms with Crippen molar-refractivity contribution in [3.8, 4) is 0 Å². The zero-order valence-corrected chi connectivity index (χ0v) is 13.6. The lowest BCUT2D eigenvalue weighted by Crippen LogP contribution is -2.50. The third-order valence-electron chi connectivity index (χ3n) is 4.21. The maximum absolute atomic E-state index is 12.4. The molecule has 0 aromatic heterocycles. The van der Waals surface area contributed by atoms with E-state index in [2.05, 4.69) is 16.0 Å². The number of hydrogen-bond acceptors (Lipinski definition) is 7. The zero-order valence-electron chi connectivity index (χ0n) is 12.0. The van der Waals surface area contributed by atoms with Crippen molar-refractivity contribution >= 4 is 35.4 Å². The van der Waals surface area contributed by atoms with Crippen molar-refractivity contribution in [3.63, 3.8) is 0 Å². The summed E-state index contributed by atoms with van der Waals surface area (Å²) in [6.45, 7) is 1.94. The molecule has 5 atom stereocenters. The topological polar surface area (TPSA) is 79.5 Å². The van der Waals surface area contributed by atoms with Crippen LogP contribution in [0.3, 0.4) is 0 Å². The van der Waals surface area contributed by atoms with Gasteiger partial charge in [0.15, 0.2) is 0 Å². The molecule has 1 amide bonds. The molecule has 0 aromatic carbocycles. The molecule has 118 valence electrons. The number of ether oxygens (including phenoxy) is 1. The Morgan fingerprint density at radius 3 is 2.95 bits per heavy atom. The van der Waals surface area contributed by atoms with Crippen molar-refractivity contribution in [1.29, 1.82) is 0 Å². The van der Waals surface area contributed by atoms with Crippen LogP contribution in [-0.2, 0) is 14.3 Å². The predicted octanol–water partition coefficient (Wildman–Crippen LogP) is -0.252. The molecule has 3 fully saturated rings. The van der Waals surface area contributed by atoms with Crippen molar-refractivity contribution in [2.24, 2.45) is 5.92 Å². The van der Waals surface area contributed by atoms with Crippen LogP contribution >= 0.6 is 23.5 Å². The molecule has 21 heavy (non-hydrogen) atoms. The summed E-state index contributed by atoms with van der Waals surface area (Å²) in [5.41, 5.74) is 0. The van der Waals surface area contributed by atoms with E-state index in [1.807, 2.05) is 0 Å². The molecular formula is C13H21N3O3S2. The van der Waals surface area contributed by atoms with E-state index in [0.29, 0.717) is 11.3 Å². The van der Waals surface area contributed by atoms with E-state index in [4.69, 9.17) is 4.74 Å². The third-order valence-corrected chi connectivity index (χ3v) is 7.03. The molecule has 0 saturated carbocycles. The van der Waals surface area contributed by atoms with E-state index in [9.17, 15) is 9.59 Å². The molecule has 0 spiro atoms. The van der Waals surface area contributed by atoms with Gasteiger partial charge < -0.3 is 15.4 Å². The number of rotatable bonds is 3. The van der Waals surface area contributed by atoms with Crippen molar-refractivity contribution in [1.82, 2.24) is 16.0 Å². The first kappa shape index (κ1) is 15.5. The van der Waals surface area contributed by atoms with Gasteiger partial charge in [-0.3, -0.25) is 14.9 Å². The van der Waals surface area contributed by atoms with Gasteiger partial charge in [-0.25, -0.2) is 0 Å². The number of piperidine rings is 1. The van der Waals surface area contributed by atoms with Gasteiger partial charge in [0.2, 0.25) is 5.91 Å². The largest absolute Gasteiger partial charge is 0.469 e. The van der Waals surface area contributed by atoms with Gasteiger partial charge >= 0.3 is 5.97 Å². The monoisotopic (exact) mass is 331 g/mol. The first-order valence-corrected chi connectivity index (χ1v) is 9.30. The van der Waals surface area contributed by atoms with E-state index in [1.165, 1.54) is 7.11 Å². The Kier molecular flexibility index (Phi) is 4.98. The van der Waals surface area contributed by atoms with E-state index in [0.717, 1.165) is 31.7 Å². The van der Waals surface area contributed by atoms with Crippen LogP contribution in [0.15, 0.2) is 0 Å². The maximum atomic E-state index is 12.4. The molecule has 3 aliphatic rings. The van der Waals surface area contributed by atoms with Crippen LogP contribution in [0.1, 0.15) is 12.8 Å². The molecule has 8 heteroatoms. The molecule has 0 radical (unpaired) electrons. The van der Waals surface area contributed by atoms with Gasteiger partial charge in [-0.1, -0.05) is 0 Å². The molecule has 3 aliphatic heterocycles. The Hall–Kier alpha value is -0.440. The van der Waals surface area contributed by atoms with Gasteiger partial charge in [-0.05, 0) is 25.1 Å². The fourth-order valence-electron chi connectivity index (χ4n) is 3.05. The summed E-state index contributed by atoms with van der Waals surface area (Å²) in [6, 6.07) is 0.368. The first-order valence-electron chi connectivity index (χ1n) is 7.31. The Labute approximate surface area is 132 Å². The van der Waals surface area contributed by atoms with E-state index < -0.39 is 0 Å². The number of carbonyl (C=O) groups excluding carboxylic acids is 2. The van der Waals surface area contributed by atoms with Crippen molar-refractivity contribution in [2.45, 2.75) is 34.9 Å². The molecule has 6 nitrogen and oxygen atoms in total. The molecule has 3 heterocycles. The lowest BCUT2D eigenvalue weighted by molar-refractivity contribution is -0.145. The van der Waals surface area contributed by atoms with Crippen LogP contribution in [0.4, 0.5) is 0 Å². The fraction of sp³-hybridized carbons (Fsp3) is 0.846. The second-order valence-electron chi connectivity index (χ2n) is 5.54. The highest BCUT2D eigenvalue weighted by Crippen LogP contribution is 2.34. The van der Waals surface area contributed by atoms with Crippen LogP contribution in [0.5, 0.6) is 0 Å². The third kappa shape index (κ3) is 3.33. The SMILES string of the molecule is COC(=O)C1CCSC1NC(=O)C1NC2CNCCC2S1. The minimum atomic E-state index is -0.227. The average Bonchev–Trinajstić information content (AvgIpc) is 3.12. The Morgan fingerprint density at radius 2 is 2.19 bits per heavy atom. The molecule has 3 saturated heterocycles. The van der Waals surface area contributed by atoms with Crippen molar-refractivity contribution in [2.75, 3.05) is 26.0 Å². The Balaban J connectivity index is 1.55. The number of methoxy groups -OCH3 is 1. The molecule has 3 rings (SSSR count). The number of amides is 1. The fourth-order valence-corrected chi connectivity index (χ4v) is 5.79. The van der Waals surface area contributed by atoms with Crippen LogP contribution in [-0.4, -0.2) is 59.9 Å². The van der Waals surface area contributed by atoms with Crippen LogP contribution < -0.4 is 16.0 Å². The quantitative estimate of drug-likeness (QED) is 0.615. The van der Waals surface area contributed by atoms with Gasteiger partial charge in [-0.2, -0.15) is 0 Å². The molecular weight excluding hydrogens is 310 g/mol. The number of carbonyl (C=O) groups is 2. The molecule has 0 bridgehead atoms. The van der Waals surface area contributed by atoms with Gasteiger partial charge in [-0.15, -0.1) is 23.5 Å². The van der Waals surface area contributed by atoms with Crippen molar-refractivity contribution < 1.29 is 14.3 Å². The summed E-state index contributed by atoms with van der Waals surface area (Å²) < 4.78 is 4.82. The minimum absolute atomic E-state index is 0.0114. The summed E-state index contributed by atoms with van der Waals surface area (Å²) in [5.74, 6) is 0.419. The highest BCUT2D eigenvalue weighted by molar-refractivity contribution is 8.01. The van der Waals surface area contributed by atoms with E-state index in [1.54, 1.807) is 23.5 Å². The Morgan fingerprint density at radius 1 is 1.33 bits per heavy atom. The number of fused-ring (bicyclic) bond motifs is 1. The second-order valence-corrected chi connectivity index (χ2v) is 8.14. The first-order chi connectivity index (χ1) is 10.2. The van der Waals surface area contributed by atoms with E-state index >= 15 is 0 Å². The smallest absolute Gasteiger partial charge is 0.311 e. The zero-order chi connectivity index (χ0) is 14.8. The van der Waals surface area contributed by atoms with Gasteiger partial charge in [0.05, 0.1) is 18.4 Å². The second kappa shape index (κ2) is 6.76. The highest BCUT2D eigenvalue weighted by Gasteiger charge is 2.41. The van der Waals surface area contributed by atoms with Gasteiger partial charge in [0.1, 0.15) is 5.37 Å². The summed E-state index contributed by atoms with van der Waals surface area (Å²) in [6.07, 6.45) is 1.86. The molecule has 3 N–H and O–H groups in total. The summed E-state index contributed by atoms with van der Waals surface area (Å²) in [7, 11) is 1.40. The number of thioether (sulfide) groups is 2. The lowest BCUT2D eigenvalue weighted by atomic mass is 10.1. The van der Waals surface area contributed by atoms with Crippen LogP contribution in [0.2, 0.25) is 0 Å². The normalized spacial score (nSPS) is 38.8. The summed E-state index contributed by atoms with van der Waals surface area (Å²) in [5, 5.41) is 9.89. The average molecular weight is 331 g/mol. The maximum Gasteiger partial charge on any atom is 0.311 e.